The van der Waals surface area contributed by atoms with E-state index in [4.69, 9.17) is 5.11 Å². The Hall–Kier alpha value is -1.68. The van der Waals surface area contributed by atoms with E-state index in [-0.39, 0.29) is 11.3 Å². The fraction of sp³-hybridized carbons (Fsp3) is 0.529. The van der Waals surface area contributed by atoms with Gasteiger partial charge in [0.1, 0.15) is 0 Å². The average Bonchev–Trinajstić information content (AvgIpc) is 2.73. The normalized spacial score (nSPS) is 16.4. The third-order valence-corrected chi connectivity index (χ3v) is 4.14. The first-order valence-electron chi connectivity index (χ1n) is 7.67. The van der Waals surface area contributed by atoms with Crippen LogP contribution in [0, 0.1) is 6.92 Å². The van der Waals surface area contributed by atoms with E-state index < -0.39 is 5.97 Å². The molecule has 0 unspecified atom stereocenters. The summed E-state index contributed by atoms with van der Waals surface area (Å²) >= 11 is 0. The second kappa shape index (κ2) is 7.36. The summed E-state index contributed by atoms with van der Waals surface area (Å²) in [6, 6.07) is 4.76. The maximum atomic E-state index is 12.3. The van der Waals surface area contributed by atoms with E-state index in [1.807, 2.05) is 6.92 Å². The molecular weight excluding hydrogens is 266 g/mol. The van der Waals surface area contributed by atoms with Crippen LogP contribution in [0.3, 0.4) is 0 Å². The van der Waals surface area contributed by atoms with Gasteiger partial charge in [0, 0.05) is 18.5 Å². The van der Waals surface area contributed by atoms with Crippen LogP contribution in [0.5, 0.6) is 0 Å². The Morgan fingerprint density at radius 2 is 1.81 bits per heavy atom. The van der Waals surface area contributed by atoms with Gasteiger partial charge in [0.25, 0.3) is 0 Å². The predicted octanol–water partition coefficient (Wildman–Crippen LogP) is 3.14. The van der Waals surface area contributed by atoms with Crippen LogP contribution in [0.2, 0.25) is 0 Å². The van der Waals surface area contributed by atoms with Gasteiger partial charge in [-0.05, 0) is 50.6 Å². The Labute approximate surface area is 125 Å². The van der Waals surface area contributed by atoms with E-state index in [9.17, 15) is 9.59 Å². The maximum Gasteiger partial charge on any atom is 0.335 e. The Bertz CT molecular complexity index is 517. The molecule has 1 aromatic carbocycles. The van der Waals surface area contributed by atoms with Crippen molar-refractivity contribution in [2.75, 3.05) is 19.6 Å². The van der Waals surface area contributed by atoms with Crippen LogP contribution >= 0.6 is 0 Å². The molecule has 2 rings (SSSR count). The number of carbonyl (C=O) groups excluding carboxylic acids is 1. The highest BCUT2D eigenvalue weighted by Crippen LogP contribution is 2.15. The number of carbonyl (C=O) groups is 2. The quantitative estimate of drug-likeness (QED) is 0.846. The van der Waals surface area contributed by atoms with Crippen molar-refractivity contribution in [1.29, 1.82) is 0 Å². The summed E-state index contributed by atoms with van der Waals surface area (Å²) in [5.41, 5.74) is 1.57. The Morgan fingerprint density at radius 3 is 2.43 bits per heavy atom. The molecule has 1 aliphatic heterocycles. The zero-order valence-electron chi connectivity index (χ0n) is 12.6. The van der Waals surface area contributed by atoms with Crippen LogP contribution in [0.1, 0.15) is 58.4 Å². The number of carboxylic acids is 1. The number of benzene rings is 1. The van der Waals surface area contributed by atoms with Crippen LogP contribution in [-0.4, -0.2) is 41.4 Å². The molecule has 0 saturated carbocycles. The lowest BCUT2D eigenvalue weighted by Gasteiger charge is -2.19. The molecule has 1 saturated heterocycles. The van der Waals surface area contributed by atoms with E-state index in [1.165, 1.54) is 31.7 Å². The standard InChI is InChI=1S/C17H23NO3/c1-13-6-7-14(17(20)21)12-15(13)16(19)8-11-18-9-4-2-3-5-10-18/h6-7,12H,2-5,8-11H2,1H3,(H,20,21). The van der Waals surface area contributed by atoms with Gasteiger partial charge in [-0.3, -0.25) is 4.79 Å². The van der Waals surface area contributed by atoms with Crippen LogP contribution in [0.4, 0.5) is 0 Å². The Kier molecular flexibility index (Phi) is 5.51. The van der Waals surface area contributed by atoms with Gasteiger partial charge in [-0.15, -0.1) is 0 Å². The van der Waals surface area contributed by atoms with E-state index in [2.05, 4.69) is 4.90 Å². The third-order valence-electron chi connectivity index (χ3n) is 4.14. The number of aryl methyl sites for hydroxylation is 1. The van der Waals surface area contributed by atoms with Crippen LogP contribution in [0.15, 0.2) is 18.2 Å². The number of ketones is 1. The smallest absolute Gasteiger partial charge is 0.335 e. The molecule has 0 aromatic heterocycles. The third kappa shape index (κ3) is 4.39. The van der Waals surface area contributed by atoms with Crippen molar-refractivity contribution >= 4 is 11.8 Å². The van der Waals surface area contributed by atoms with Gasteiger partial charge in [-0.1, -0.05) is 18.9 Å². The van der Waals surface area contributed by atoms with Gasteiger partial charge in [0.05, 0.1) is 5.56 Å². The maximum absolute atomic E-state index is 12.3. The summed E-state index contributed by atoms with van der Waals surface area (Å²) < 4.78 is 0. The highest BCUT2D eigenvalue weighted by Gasteiger charge is 2.15. The SMILES string of the molecule is Cc1ccc(C(=O)O)cc1C(=O)CCN1CCCCCC1. The van der Waals surface area contributed by atoms with E-state index in [0.717, 1.165) is 25.2 Å². The second-order valence-electron chi connectivity index (χ2n) is 5.76. The summed E-state index contributed by atoms with van der Waals surface area (Å²) in [7, 11) is 0. The van der Waals surface area contributed by atoms with Gasteiger partial charge in [-0.25, -0.2) is 4.79 Å². The fourth-order valence-corrected chi connectivity index (χ4v) is 2.81. The van der Waals surface area contributed by atoms with Crippen molar-refractivity contribution in [2.45, 2.75) is 39.0 Å². The number of hydrogen-bond acceptors (Lipinski definition) is 3. The molecule has 0 atom stereocenters. The lowest BCUT2D eigenvalue weighted by Crippen LogP contribution is -2.27. The zero-order chi connectivity index (χ0) is 15.2. The molecule has 1 fully saturated rings. The van der Waals surface area contributed by atoms with Gasteiger partial charge in [-0.2, -0.15) is 0 Å². The molecule has 0 amide bonds. The number of rotatable bonds is 5. The number of aromatic carboxylic acids is 1. The number of Topliss-reactive ketones (excluding diaryl/α,β-unsaturated/α-hetero) is 1. The summed E-state index contributed by atoms with van der Waals surface area (Å²) in [6.45, 7) is 4.77. The predicted molar refractivity (Wildman–Crippen MR) is 82.0 cm³/mol. The fourth-order valence-electron chi connectivity index (χ4n) is 2.81. The lowest BCUT2D eigenvalue weighted by molar-refractivity contribution is 0.0697. The molecule has 0 spiro atoms. The largest absolute Gasteiger partial charge is 0.478 e. The Balaban J connectivity index is 1.99. The molecule has 0 radical (unpaired) electrons. The number of carboxylic acid groups (broad SMARTS) is 1. The lowest BCUT2D eigenvalue weighted by atomic mass is 9.99. The minimum Gasteiger partial charge on any atom is -0.478 e. The van der Waals surface area contributed by atoms with Gasteiger partial charge in [0.2, 0.25) is 0 Å². The van der Waals surface area contributed by atoms with Crippen LogP contribution in [0.25, 0.3) is 0 Å². The number of likely N-dealkylation sites (tertiary alicyclic amines) is 1. The molecule has 21 heavy (non-hydrogen) atoms. The van der Waals surface area contributed by atoms with Gasteiger partial charge in [0.15, 0.2) is 5.78 Å². The number of nitrogens with zero attached hydrogens (tertiary/aromatic N) is 1. The van der Waals surface area contributed by atoms with Crippen molar-refractivity contribution in [3.8, 4) is 0 Å². The zero-order valence-corrected chi connectivity index (χ0v) is 12.6. The average molecular weight is 289 g/mol. The molecule has 0 bridgehead atoms. The van der Waals surface area contributed by atoms with Gasteiger partial charge >= 0.3 is 5.97 Å². The Morgan fingerprint density at radius 1 is 1.14 bits per heavy atom. The van der Waals surface area contributed by atoms with Crippen LogP contribution in [-0.2, 0) is 0 Å². The molecular formula is C17H23NO3. The highest BCUT2D eigenvalue weighted by atomic mass is 16.4. The first-order valence-corrected chi connectivity index (χ1v) is 7.67. The molecule has 4 nitrogen and oxygen atoms in total. The minimum atomic E-state index is -0.989. The monoisotopic (exact) mass is 289 g/mol. The van der Waals surface area contributed by atoms with Crippen molar-refractivity contribution in [1.82, 2.24) is 4.90 Å². The minimum absolute atomic E-state index is 0.0415. The van der Waals surface area contributed by atoms with Crippen molar-refractivity contribution in [3.63, 3.8) is 0 Å². The molecule has 1 heterocycles. The van der Waals surface area contributed by atoms with Gasteiger partial charge < -0.3 is 10.0 Å². The molecule has 4 heteroatoms. The molecule has 1 aromatic rings. The number of hydrogen-bond donors (Lipinski definition) is 1. The summed E-state index contributed by atoms with van der Waals surface area (Å²) in [4.78, 5) is 25.7. The summed E-state index contributed by atoms with van der Waals surface area (Å²) in [6.07, 6.45) is 5.45. The second-order valence-corrected chi connectivity index (χ2v) is 5.76. The molecule has 1 N–H and O–H groups in total. The first kappa shape index (κ1) is 15.7. The van der Waals surface area contributed by atoms with E-state index in [0.29, 0.717) is 12.0 Å². The molecule has 0 aliphatic carbocycles. The summed E-state index contributed by atoms with van der Waals surface area (Å²) in [5.74, 6) is -0.948. The van der Waals surface area contributed by atoms with Crippen molar-refractivity contribution in [2.24, 2.45) is 0 Å². The van der Waals surface area contributed by atoms with E-state index in [1.54, 1.807) is 12.1 Å². The molecule has 114 valence electrons. The van der Waals surface area contributed by atoms with E-state index >= 15 is 0 Å². The molecule has 1 aliphatic rings. The van der Waals surface area contributed by atoms with Crippen molar-refractivity contribution < 1.29 is 14.7 Å². The topological polar surface area (TPSA) is 57.6 Å². The van der Waals surface area contributed by atoms with Crippen LogP contribution < -0.4 is 0 Å². The highest BCUT2D eigenvalue weighted by molar-refractivity contribution is 6.00. The van der Waals surface area contributed by atoms with Crippen molar-refractivity contribution in [3.05, 3.63) is 34.9 Å². The first-order chi connectivity index (χ1) is 10.1. The summed E-state index contributed by atoms with van der Waals surface area (Å²) in [5, 5.41) is 9.03.